The molecule has 1 aliphatic carbocycles. The van der Waals surface area contributed by atoms with Gasteiger partial charge in [0.15, 0.2) is 17.3 Å². The molecule has 4 aromatic rings. The third-order valence-corrected chi connectivity index (χ3v) is 8.22. The van der Waals surface area contributed by atoms with E-state index in [1.807, 2.05) is 18.2 Å². The first-order valence-corrected chi connectivity index (χ1v) is 14.2. The van der Waals surface area contributed by atoms with E-state index < -0.39 is 0 Å². The van der Waals surface area contributed by atoms with Gasteiger partial charge in [-0.1, -0.05) is 25.7 Å². The van der Waals surface area contributed by atoms with Gasteiger partial charge in [-0.05, 0) is 60.7 Å². The molecule has 1 aliphatic heterocycles. The predicted molar refractivity (Wildman–Crippen MR) is 159 cm³/mol. The van der Waals surface area contributed by atoms with Crippen molar-refractivity contribution in [3.8, 4) is 17.3 Å². The van der Waals surface area contributed by atoms with E-state index in [0.29, 0.717) is 23.3 Å². The fourth-order valence-electron chi connectivity index (χ4n) is 6.04. The van der Waals surface area contributed by atoms with E-state index in [1.165, 1.54) is 44.2 Å². The number of anilines is 4. The van der Waals surface area contributed by atoms with Gasteiger partial charge in [-0.2, -0.15) is 9.67 Å². The molecule has 1 saturated carbocycles. The van der Waals surface area contributed by atoms with Crippen LogP contribution in [-0.4, -0.2) is 71.1 Å². The van der Waals surface area contributed by atoms with Crippen molar-refractivity contribution in [1.29, 1.82) is 0 Å². The molecule has 0 radical (unpaired) electrons. The molecule has 40 heavy (non-hydrogen) atoms. The van der Waals surface area contributed by atoms with Gasteiger partial charge < -0.3 is 25.4 Å². The number of pyridine rings is 1. The average Bonchev–Trinajstić information content (AvgIpc) is 3.17. The highest BCUT2D eigenvalue weighted by Gasteiger charge is 2.24. The molecule has 6 rings (SSSR count). The summed E-state index contributed by atoms with van der Waals surface area (Å²) in [4.78, 5) is 14.2. The Bertz CT molecular complexity index is 1440. The monoisotopic (exact) mass is 542 g/mol. The standard InChI is InChI=1S/C30H38N8O2/c1-39-26-19-21-13-14-32-28(25(21)20-27(26)40-2)38-29(31)34-30(35-38)33-22-9-11-24(12-10-22)37-17-15-36(16-18-37)23-7-5-3-4-6-8-23/h9-14,19-20,23H,3-8,15-18H2,1-2H3,(H3,31,33,34,35). The second-order valence-electron chi connectivity index (χ2n) is 10.6. The zero-order valence-electron chi connectivity index (χ0n) is 23.3. The number of nitrogens with one attached hydrogen (secondary N) is 1. The summed E-state index contributed by atoms with van der Waals surface area (Å²) in [6.45, 7) is 4.43. The van der Waals surface area contributed by atoms with Crippen LogP contribution in [0.4, 0.5) is 23.3 Å². The minimum Gasteiger partial charge on any atom is -0.493 e. The highest BCUT2D eigenvalue weighted by Crippen LogP contribution is 2.34. The van der Waals surface area contributed by atoms with E-state index in [0.717, 1.165) is 48.7 Å². The summed E-state index contributed by atoms with van der Waals surface area (Å²) in [5.74, 6) is 2.45. The lowest BCUT2D eigenvalue weighted by atomic mass is 10.1. The molecule has 0 spiro atoms. The summed E-state index contributed by atoms with van der Waals surface area (Å²) in [7, 11) is 3.22. The van der Waals surface area contributed by atoms with Crippen molar-refractivity contribution < 1.29 is 9.47 Å². The number of nitrogens with zero attached hydrogens (tertiary/aromatic N) is 6. The maximum Gasteiger partial charge on any atom is 0.248 e. The maximum atomic E-state index is 6.28. The van der Waals surface area contributed by atoms with Crippen molar-refractivity contribution in [2.24, 2.45) is 0 Å². The molecule has 0 unspecified atom stereocenters. The lowest BCUT2D eigenvalue weighted by Gasteiger charge is -2.40. The number of hydrogen-bond acceptors (Lipinski definition) is 9. The first-order chi connectivity index (χ1) is 19.6. The van der Waals surface area contributed by atoms with Crippen molar-refractivity contribution in [3.63, 3.8) is 0 Å². The molecule has 0 atom stereocenters. The maximum absolute atomic E-state index is 6.28. The zero-order valence-corrected chi connectivity index (χ0v) is 23.3. The number of nitrogens with two attached hydrogens (primary N) is 1. The van der Waals surface area contributed by atoms with Crippen molar-refractivity contribution in [2.45, 2.75) is 44.6 Å². The molecule has 3 N–H and O–H groups in total. The molecule has 10 heteroatoms. The van der Waals surface area contributed by atoms with E-state index in [4.69, 9.17) is 15.2 Å². The number of ether oxygens (including phenoxy) is 2. The largest absolute Gasteiger partial charge is 0.493 e. The van der Waals surface area contributed by atoms with E-state index in [1.54, 1.807) is 25.1 Å². The minimum atomic E-state index is 0.237. The molecule has 2 aromatic carbocycles. The van der Waals surface area contributed by atoms with E-state index in [9.17, 15) is 0 Å². The summed E-state index contributed by atoms with van der Waals surface area (Å²) in [6, 6.07) is 14.9. The second kappa shape index (κ2) is 11.6. The van der Waals surface area contributed by atoms with E-state index in [-0.39, 0.29) is 5.95 Å². The predicted octanol–water partition coefficient (Wildman–Crippen LogP) is 5.00. The molecule has 10 nitrogen and oxygen atoms in total. The number of methoxy groups -OCH3 is 2. The third kappa shape index (κ3) is 5.36. The number of rotatable bonds is 7. The molecule has 2 aliphatic rings. The second-order valence-corrected chi connectivity index (χ2v) is 10.6. The summed E-state index contributed by atoms with van der Waals surface area (Å²) in [6.07, 6.45) is 10.0. The van der Waals surface area contributed by atoms with Crippen LogP contribution in [0.25, 0.3) is 16.6 Å². The Hall–Kier alpha value is -4.05. The Morgan fingerprint density at radius 3 is 2.27 bits per heavy atom. The van der Waals surface area contributed by atoms with Gasteiger partial charge in [0.2, 0.25) is 11.9 Å². The molecule has 1 saturated heterocycles. The first kappa shape index (κ1) is 26.2. The van der Waals surface area contributed by atoms with Gasteiger partial charge in [-0.3, -0.25) is 4.90 Å². The fraction of sp³-hybridized carbons (Fsp3) is 0.433. The first-order valence-electron chi connectivity index (χ1n) is 14.2. The number of nitrogen functional groups attached to an aromatic ring is 1. The van der Waals surface area contributed by atoms with Gasteiger partial charge in [0.25, 0.3) is 0 Å². The molecule has 2 aromatic heterocycles. The van der Waals surface area contributed by atoms with Crippen molar-refractivity contribution in [3.05, 3.63) is 48.7 Å². The zero-order chi connectivity index (χ0) is 27.5. The molecule has 3 heterocycles. The minimum absolute atomic E-state index is 0.237. The Morgan fingerprint density at radius 2 is 1.57 bits per heavy atom. The number of fused-ring (bicyclic) bond motifs is 1. The van der Waals surface area contributed by atoms with Crippen LogP contribution in [0, 0.1) is 0 Å². The van der Waals surface area contributed by atoms with E-state index in [2.05, 4.69) is 54.4 Å². The summed E-state index contributed by atoms with van der Waals surface area (Å²) in [5.41, 5.74) is 8.43. The number of aromatic nitrogens is 4. The summed E-state index contributed by atoms with van der Waals surface area (Å²) >= 11 is 0. The molecule has 0 amide bonds. The van der Waals surface area contributed by atoms with Crippen LogP contribution in [0.3, 0.4) is 0 Å². The van der Waals surface area contributed by atoms with Gasteiger partial charge in [0.1, 0.15) is 0 Å². The molecule has 210 valence electrons. The quantitative estimate of drug-likeness (QED) is 0.312. The third-order valence-electron chi connectivity index (χ3n) is 8.22. The summed E-state index contributed by atoms with van der Waals surface area (Å²) < 4.78 is 12.5. The highest BCUT2D eigenvalue weighted by molar-refractivity contribution is 5.91. The van der Waals surface area contributed by atoms with Gasteiger partial charge in [0.05, 0.1) is 14.2 Å². The van der Waals surface area contributed by atoms with Crippen LogP contribution >= 0.6 is 0 Å². The Kier molecular flexibility index (Phi) is 7.59. The molecule has 0 bridgehead atoms. The lowest BCUT2D eigenvalue weighted by Crippen LogP contribution is -2.50. The van der Waals surface area contributed by atoms with E-state index >= 15 is 0 Å². The normalized spacial score (nSPS) is 17.1. The van der Waals surface area contributed by atoms with Crippen LogP contribution < -0.4 is 25.4 Å². The van der Waals surface area contributed by atoms with Crippen LogP contribution in [0.1, 0.15) is 38.5 Å². The fourth-order valence-corrected chi connectivity index (χ4v) is 6.04. The van der Waals surface area contributed by atoms with Gasteiger partial charge in [0, 0.05) is 55.2 Å². The van der Waals surface area contributed by atoms with Crippen LogP contribution in [0.2, 0.25) is 0 Å². The Labute approximate surface area is 235 Å². The van der Waals surface area contributed by atoms with Gasteiger partial charge >= 0.3 is 0 Å². The Morgan fingerprint density at radius 1 is 0.875 bits per heavy atom. The van der Waals surface area contributed by atoms with Crippen LogP contribution in [0.5, 0.6) is 11.5 Å². The van der Waals surface area contributed by atoms with Crippen LogP contribution in [-0.2, 0) is 0 Å². The number of hydrogen-bond donors (Lipinski definition) is 2. The highest BCUT2D eigenvalue weighted by atomic mass is 16.5. The SMILES string of the molecule is COc1cc2ccnc(-n3nc(Nc4ccc(N5CCN(C6CCCCCC6)CC5)cc4)nc3N)c2cc1OC. The van der Waals surface area contributed by atoms with Crippen molar-refractivity contribution in [1.82, 2.24) is 24.6 Å². The molecular formula is C30H38N8O2. The van der Waals surface area contributed by atoms with Gasteiger partial charge in [-0.15, -0.1) is 5.10 Å². The van der Waals surface area contributed by atoms with Crippen molar-refractivity contribution >= 4 is 34.0 Å². The lowest BCUT2D eigenvalue weighted by molar-refractivity contribution is 0.169. The topological polar surface area (TPSA) is 107 Å². The van der Waals surface area contributed by atoms with Crippen LogP contribution in [0.15, 0.2) is 48.7 Å². The van der Waals surface area contributed by atoms with Gasteiger partial charge in [-0.25, -0.2) is 4.98 Å². The average molecular weight is 543 g/mol. The van der Waals surface area contributed by atoms with Crippen molar-refractivity contribution in [2.75, 3.05) is 56.3 Å². The number of benzene rings is 2. The summed E-state index contributed by atoms with van der Waals surface area (Å²) in [5, 5.41) is 9.66. The smallest absolute Gasteiger partial charge is 0.248 e. The molecule has 2 fully saturated rings. The number of piperazine rings is 1. The Balaban J connectivity index is 1.14. The molecular weight excluding hydrogens is 504 g/mol.